The van der Waals surface area contributed by atoms with Crippen LogP contribution in [0.2, 0.25) is 33.2 Å². The molecule has 0 unspecified atom stereocenters. The third kappa shape index (κ3) is 4.06. The first-order valence-corrected chi connectivity index (χ1v) is 17.9. The number of aromatic nitrogens is 2. The van der Waals surface area contributed by atoms with Crippen molar-refractivity contribution in [3.63, 3.8) is 0 Å². The Morgan fingerprint density at radius 3 is 0.933 bits per heavy atom. The topological polar surface area (TPSA) is 25.8 Å². The van der Waals surface area contributed by atoms with Gasteiger partial charge in [0.1, 0.15) is 16.1 Å². The van der Waals surface area contributed by atoms with Crippen molar-refractivity contribution in [2.24, 2.45) is 0 Å². The molecule has 2 heterocycles. The molecule has 2 nitrogen and oxygen atoms in total. The molecule has 0 bridgehead atoms. The van der Waals surface area contributed by atoms with Gasteiger partial charge in [0.2, 0.25) is 0 Å². The maximum absolute atomic E-state index is 5.08. The average molecular weight is 481 g/mol. The SMILES string of the molecule is CC(C)[Si](c1ncc(-c2cnc([Si](C(C)C)(C(C)C)C(C)C)s2)s1)(C(C)C)C(C)C. The maximum atomic E-state index is 5.08. The van der Waals surface area contributed by atoms with Crippen molar-refractivity contribution in [3.8, 4) is 9.75 Å². The normalized spacial score (nSPS) is 13.8. The van der Waals surface area contributed by atoms with Crippen LogP contribution in [0, 0.1) is 0 Å². The van der Waals surface area contributed by atoms with Crippen LogP contribution < -0.4 is 9.26 Å². The Labute approximate surface area is 196 Å². The van der Waals surface area contributed by atoms with Crippen LogP contribution >= 0.6 is 22.7 Å². The molecule has 2 aromatic heterocycles. The van der Waals surface area contributed by atoms with E-state index in [4.69, 9.17) is 9.97 Å². The van der Waals surface area contributed by atoms with Crippen molar-refractivity contribution in [1.82, 2.24) is 9.97 Å². The molecular formula is C24H44N2S2Si2. The van der Waals surface area contributed by atoms with Gasteiger partial charge >= 0.3 is 0 Å². The second-order valence-corrected chi connectivity index (χ2v) is 25.2. The predicted octanol–water partition coefficient (Wildman–Crippen LogP) is 8.04. The van der Waals surface area contributed by atoms with Gasteiger partial charge in [0, 0.05) is 12.4 Å². The molecule has 30 heavy (non-hydrogen) atoms. The first-order valence-electron chi connectivity index (χ1n) is 11.8. The monoisotopic (exact) mass is 480 g/mol. The Bertz CT molecular complexity index is 707. The van der Waals surface area contributed by atoms with E-state index in [1.54, 1.807) is 0 Å². The van der Waals surface area contributed by atoms with Crippen molar-refractivity contribution in [1.29, 1.82) is 0 Å². The van der Waals surface area contributed by atoms with Gasteiger partial charge in [-0.25, -0.2) is 0 Å². The van der Waals surface area contributed by atoms with Gasteiger partial charge in [-0.2, -0.15) is 0 Å². The molecule has 0 aliphatic heterocycles. The van der Waals surface area contributed by atoms with E-state index in [2.05, 4.69) is 95.5 Å². The van der Waals surface area contributed by atoms with Crippen LogP contribution in [-0.2, 0) is 0 Å². The third-order valence-corrected chi connectivity index (χ3v) is 25.5. The van der Waals surface area contributed by atoms with Gasteiger partial charge in [-0.1, -0.05) is 83.1 Å². The fraction of sp³-hybridized carbons (Fsp3) is 0.750. The molecule has 0 amide bonds. The summed E-state index contributed by atoms with van der Waals surface area (Å²) in [6, 6.07) is 0. The van der Waals surface area contributed by atoms with Crippen LogP contribution in [0.25, 0.3) is 9.75 Å². The number of hydrogen-bond acceptors (Lipinski definition) is 4. The minimum atomic E-state index is -1.70. The molecule has 170 valence electrons. The Balaban J connectivity index is 2.55. The highest BCUT2D eigenvalue weighted by atomic mass is 32.1. The zero-order chi connectivity index (χ0) is 23.0. The quantitative estimate of drug-likeness (QED) is 0.339. The van der Waals surface area contributed by atoms with E-state index in [1.165, 1.54) is 19.0 Å². The standard InChI is InChI=1S/C24H44N2S2Si2/c1-15(2)29(16(3)4,17(5)6)23-25-13-21(27-23)22-14-26-24(28-22)30(18(7)8,19(9)10)20(11)12/h13-20H,1-12H3. The van der Waals surface area contributed by atoms with Gasteiger partial charge in [-0.05, 0) is 33.2 Å². The smallest absolute Gasteiger partial charge is 0.131 e. The highest BCUT2D eigenvalue weighted by Crippen LogP contribution is 2.44. The molecular weight excluding hydrogens is 437 g/mol. The Hall–Kier alpha value is -0.306. The van der Waals surface area contributed by atoms with Crippen LogP contribution in [0.4, 0.5) is 0 Å². The Morgan fingerprint density at radius 1 is 0.500 bits per heavy atom. The lowest BCUT2D eigenvalue weighted by Gasteiger charge is -2.41. The lowest BCUT2D eigenvalue weighted by Crippen LogP contribution is -2.55. The first-order chi connectivity index (χ1) is 13.8. The van der Waals surface area contributed by atoms with Crippen LogP contribution in [0.15, 0.2) is 12.4 Å². The summed E-state index contributed by atoms with van der Waals surface area (Å²) in [6.45, 7) is 29.1. The predicted molar refractivity (Wildman–Crippen MR) is 145 cm³/mol. The molecule has 0 saturated heterocycles. The van der Waals surface area contributed by atoms with Crippen molar-refractivity contribution < 1.29 is 0 Å². The van der Waals surface area contributed by atoms with Crippen molar-refractivity contribution in [2.75, 3.05) is 0 Å². The van der Waals surface area contributed by atoms with E-state index in [0.717, 1.165) is 0 Å². The highest BCUT2D eigenvalue weighted by Gasteiger charge is 2.48. The largest absolute Gasteiger partial charge is 0.254 e. The van der Waals surface area contributed by atoms with Gasteiger partial charge < -0.3 is 0 Å². The number of thiazole rings is 2. The summed E-state index contributed by atoms with van der Waals surface area (Å²) in [5.74, 6) is 0. The van der Waals surface area contributed by atoms with Gasteiger partial charge in [-0.3, -0.25) is 9.97 Å². The van der Waals surface area contributed by atoms with Gasteiger partial charge in [-0.15, -0.1) is 22.7 Å². The second-order valence-electron chi connectivity index (χ2n) is 10.9. The zero-order valence-electron chi connectivity index (χ0n) is 21.3. The van der Waals surface area contributed by atoms with Crippen molar-refractivity contribution in [3.05, 3.63) is 12.4 Å². The summed E-state index contributed by atoms with van der Waals surface area (Å²) >= 11 is 3.93. The average Bonchev–Trinajstić information content (AvgIpc) is 3.23. The summed E-state index contributed by atoms with van der Waals surface area (Å²) in [6.07, 6.45) is 4.30. The van der Waals surface area contributed by atoms with Crippen LogP contribution in [-0.4, -0.2) is 26.1 Å². The van der Waals surface area contributed by atoms with E-state index in [0.29, 0.717) is 33.2 Å². The molecule has 0 spiro atoms. The van der Waals surface area contributed by atoms with Crippen LogP contribution in [0.5, 0.6) is 0 Å². The molecule has 0 saturated carbocycles. The zero-order valence-corrected chi connectivity index (χ0v) is 25.0. The molecule has 0 radical (unpaired) electrons. The highest BCUT2D eigenvalue weighted by molar-refractivity contribution is 7.34. The molecule has 0 aliphatic carbocycles. The van der Waals surface area contributed by atoms with Crippen LogP contribution in [0.1, 0.15) is 83.1 Å². The molecule has 2 aromatic rings. The fourth-order valence-corrected chi connectivity index (χ4v) is 25.9. The molecule has 0 aliphatic rings. The fourth-order valence-electron chi connectivity index (χ4n) is 6.66. The molecule has 0 N–H and O–H groups in total. The summed E-state index contributed by atoms with van der Waals surface area (Å²) in [5, 5.41) is 0. The lowest BCUT2D eigenvalue weighted by molar-refractivity contribution is 0.833. The molecule has 0 atom stereocenters. The van der Waals surface area contributed by atoms with E-state index >= 15 is 0 Å². The summed E-state index contributed by atoms with van der Waals surface area (Å²) in [7, 11) is -3.40. The minimum Gasteiger partial charge on any atom is -0.254 e. The van der Waals surface area contributed by atoms with E-state index < -0.39 is 16.1 Å². The molecule has 0 aromatic carbocycles. The van der Waals surface area contributed by atoms with E-state index in [-0.39, 0.29) is 0 Å². The second kappa shape index (κ2) is 9.67. The Morgan fingerprint density at radius 2 is 0.733 bits per heavy atom. The molecule has 6 heteroatoms. The van der Waals surface area contributed by atoms with Crippen molar-refractivity contribution in [2.45, 2.75) is 116 Å². The van der Waals surface area contributed by atoms with Gasteiger partial charge in [0.05, 0.1) is 19.0 Å². The van der Waals surface area contributed by atoms with E-state index in [9.17, 15) is 0 Å². The number of nitrogens with zero attached hydrogens (tertiary/aromatic N) is 2. The van der Waals surface area contributed by atoms with Crippen LogP contribution in [0.3, 0.4) is 0 Å². The summed E-state index contributed by atoms with van der Waals surface area (Å²) in [5.41, 5.74) is 4.15. The maximum Gasteiger partial charge on any atom is 0.131 e. The van der Waals surface area contributed by atoms with Gasteiger partial charge in [0.15, 0.2) is 0 Å². The molecule has 2 rings (SSSR count). The lowest BCUT2D eigenvalue weighted by atomic mass is 10.5. The number of rotatable bonds is 9. The van der Waals surface area contributed by atoms with E-state index in [1.807, 2.05) is 22.7 Å². The minimum absolute atomic E-state index is 0.691. The summed E-state index contributed by atoms with van der Waals surface area (Å²) in [4.78, 5) is 12.8. The summed E-state index contributed by atoms with van der Waals surface area (Å²) < 4.78 is 2.88. The molecule has 0 fully saturated rings. The van der Waals surface area contributed by atoms with Gasteiger partial charge in [0.25, 0.3) is 0 Å². The Kier molecular flexibility index (Phi) is 8.37. The number of hydrogen-bond donors (Lipinski definition) is 0. The van der Waals surface area contributed by atoms with Crippen molar-refractivity contribution >= 4 is 48.1 Å². The first kappa shape index (κ1) is 26.0. The third-order valence-electron chi connectivity index (χ3n) is 7.73.